The van der Waals surface area contributed by atoms with Crippen LogP contribution < -0.4 is 4.90 Å². The number of anilines is 2. The average molecular weight is 908 g/mol. The summed E-state index contributed by atoms with van der Waals surface area (Å²) in [7, 11) is 0. The molecule has 10 rings (SSSR count). The molecule has 346 valence electrons. The van der Waals surface area contributed by atoms with Crippen molar-refractivity contribution in [1.82, 2.24) is 0 Å². The van der Waals surface area contributed by atoms with Gasteiger partial charge in [-0.3, -0.25) is 0 Å². The minimum absolute atomic E-state index is 0.330. The largest absolute Gasteiger partial charge is 0.338 e. The Kier molecular flexibility index (Phi) is 13.4. The van der Waals surface area contributed by atoms with Crippen molar-refractivity contribution in [3.05, 3.63) is 264 Å². The minimum Gasteiger partial charge on any atom is -0.338 e. The van der Waals surface area contributed by atoms with E-state index in [0.717, 1.165) is 24.9 Å². The molecular weight excluding hydrogens is 843 g/mol. The summed E-state index contributed by atoms with van der Waals surface area (Å²) in [6.07, 6.45) is 28.2. The summed E-state index contributed by atoms with van der Waals surface area (Å²) in [6, 6.07) is 58.5. The molecule has 0 aliphatic heterocycles. The van der Waals surface area contributed by atoms with Gasteiger partial charge in [0, 0.05) is 23.3 Å². The fourth-order valence-corrected chi connectivity index (χ4v) is 11.1. The van der Waals surface area contributed by atoms with Gasteiger partial charge in [0.15, 0.2) is 0 Å². The number of aryl methyl sites for hydroxylation is 1. The van der Waals surface area contributed by atoms with E-state index in [-0.39, 0.29) is 5.41 Å². The summed E-state index contributed by atoms with van der Waals surface area (Å²) in [6.45, 7) is 16.6. The van der Waals surface area contributed by atoms with Crippen LogP contribution in [0.25, 0.3) is 56.2 Å². The Morgan fingerprint density at radius 3 is 2.10 bits per heavy atom. The second kappa shape index (κ2) is 20.2. The Hall–Kier alpha value is -7.48. The summed E-state index contributed by atoms with van der Waals surface area (Å²) < 4.78 is 0. The maximum absolute atomic E-state index is 4.17. The van der Waals surface area contributed by atoms with Crippen molar-refractivity contribution >= 4 is 23.0 Å². The number of hydrogen-bond donors (Lipinski definition) is 0. The monoisotopic (exact) mass is 908 g/mol. The lowest BCUT2D eigenvalue weighted by atomic mass is 9.72. The van der Waals surface area contributed by atoms with Crippen molar-refractivity contribution < 1.29 is 0 Å². The van der Waals surface area contributed by atoms with Crippen LogP contribution in [-0.2, 0) is 18.3 Å². The normalized spacial score (nSPS) is 18.9. The molecule has 0 heterocycles. The smallest absolute Gasteiger partial charge is 0.0432 e. The van der Waals surface area contributed by atoms with E-state index in [2.05, 4.69) is 265 Å². The minimum atomic E-state index is -0.330. The van der Waals surface area contributed by atoms with Crippen LogP contribution in [0.2, 0.25) is 0 Å². The van der Waals surface area contributed by atoms with Crippen molar-refractivity contribution in [1.29, 1.82) is 0 Å². The number of hydrogen-bond acceptors (Lipinski definition) is 1. The molecule has 3 aliphatic carbocycles. The molecule has 7 aromatic rings. The summed E-state index contributed by atoms with van der Waals surface area (Å²) >= 11 is 0. The van der Waals surface area contributed by atoms with Gasteiger partial charge in [-0.1, -0.05) is 229 Å². The van der Waals surface area contributed by atoms with Crippen LogP contribution in [-0.4, -0.2) is 6.54 Å². The van der Waals surface area contributed by atoms with Gasteiger partial charge in [0.1, 0.15) is 0 Å². The number of allylic oxidation sites excluding steroid dienone is 11. The first-order valence-corrected chi connectivity index (χ1v) is 25.5. The van der Waals surface area contributed by atoms with Crippen LogP contribution in [0.15, 0.2) is 231 Å². The standard InChI is InChI=1S/C69H65N/c1-7-19-53(59-29-17-23-54-34-33-49(4)31-32-50(5)45-65(54)59)24-18-43-70(58-40-42-62-60-26-13-14-27-61(60)66(62)47-58)57-38-35-52(36-39-57)55-37-41-64-63-28-15-16-30-67(63)69(6,68(64)46-55)56(44-48(2)3)25-12-11-22-51-20-9-8-10-21-51/h7-32,35-42,44,46-50H,1,33-34,43,45H2,2-6H3/b22-11-,24-18-,25-12-,32-31-,53-19+,56-44-. The Bertz CT molecular complexity index is 3240. The van der Waals surface area contributed by atoms with Crippen molar-refractivity contribution in [2.24, 2.45) is 17.8 Å². The molecular formula is C69H65N. The highest BCUT2D eigenvalue weighted by molar-refractivity contribution is 6.03. The van der Waals surface area contributed by atoms with E-state index in [0.29, 0.717) is 24.3 Å². The van der Waals surface area contributed by atoms with Crippen molar-refractivity contribution in [3.8, 4) is 44.5 Å². The quantitative estimate of drug-likeness (QED) is 0.0823. The lowest BCUT2D eigenvalue weighted by Crippen LogP contribution is -2.23. The Morgan fingerprint density at radius 2 is 1.31 bits per heavy atom. The molecule has 0 aromatic heterocycles. The van der Waals surface area contributed by atoms with Gasteiger partial charge < -0.3 is 4.90 Å². The number of benzene rings is 7. The summed E-state index contributed by atoms with van der Waals surface area (Å²) in [5.41, 5.74) is 23.0. The Labute approximate surface area is 418 Å². The van der Waals surface area contributed by atoms with Gasteiger partial charge in [-0.05, 0) is 163 Å². The molecule has 0 saturated heterocycles. The third-order valence-corrected chi connectivity index (χ3v) is 14.8. The second-order valence-corrected chi connectivity index (χ2v) is 20.1. The highest BCUT2D eigenvalue weighted by Gasteiger charge is 2.41. The van der Waals surface area contributed by atoms with E-state index >= 15 is 0 Å². The maximum Gasteiger partial charge on any atom is 0.0432 e. The number of rotatable bonds is 13. The summed E-state index contributed by atoms with van der Waals surface area (Å²) in [4.78, 5) is 2.46. The van der Waals surface area contributed by atoms with Crippen LogP contribution in [0, 0.1) is 17.8 Å². The van der Waals surface area contributed by atoms with E-state index in [1.807, 2.05) is 6.08 Å². The molecule has 0 fully saturated rings. The van der Waals surface area contributed by atoms with Gasteiger partial charge in [-0.2, -0.15) is 0 Å². The SMILES string of the molecule is C=C/C=C(\C=C/CN(c1ccc(-c2ccc3c(c2)C(C)(C(/C=C\C=C/c2ccccc2)=C\C(C)C)c2ccccc2-3)cc1)c1ccc2c(c1)-c1ccccc1-2)c1cccc2c1CC(C)/C=C\C(C)CC2. The van der Waals surface area contributed by atoms with Gasteiger partial charge in [-0.15, -0.1) is 0 Å². The van der Waals surface area contributed by atoms with Gasteiger partial charge in [-0.25, -0.2) is 0 Å². The van der Waals surface area contributed by atoms with Gasteiger partial charge >= 0.3 is 0 Å². The molecule has 3 atom stereocenters. The number of fused-ring (bicyclic) bond motifs is 8. The fraction of sp³-hybridized carbons (Fsp3) is 0.188. The molecule has 3 unspecified atom stereocenters. The zero-order valence-electron chi connectivity index (χ0n) is 41.6. The van der Waals surface area contributed by atoms with Gasteiger partial charge in [0.2, 0.25) is 0 Å². The van der Waals surface area contributed by atoms with Gasteiger partial charge in [0.25, 0.3) is 0 Å². The molecule has 0 amide bonds. The van der Waals surface area contributed by atoms with E-state index in [1.165, 1.54) is 94.7 Å². The molecule has 7 aromatic carbocycles. The van der Waals surface area contributed by atoms with E-state index in [9.17, 15) is 0 Å². The molecule has 0 N–H and O–H groups in total. The average Bonchev–Trinajstić information content (AvgIpc) is 3.67. The second-order valence-electron chi connectivity index (χ2n) is 20.1. The topological polar surface area (TPSA) is 3.24 Å². The first kappa shape index (κ1) is 46.3. The lowest BCUT2D eigenvalue weighted by molar-refractivity contribution is 0.645. The van der Waals surface area contributed by atoms with E-state index < -0.39 is 0 Å². The van der Waals surface area contributed by atoms with E-state index in [4.69, 9.17) is 0 Å². The highest BCUT2D eigenvalue weighted by atomic mass is 15.1. The predicted octanol–water partition coefficient (Wildman–Crippen LogP) is 18.4. The van der Waals surface area contributed by atoms with Crippen molar-refractivity contribution in [2.45, 2.75) is 59.3 Å². The van der Waals surface area contributed by atoms with Crippen LogP contribution in [0.5, 0.6) is 0 Å². The fourth-order valence-electron chi connectivity index (χ4n) is 11.1. The zero-order chi connectivity index (χ0) is 48.2. The van der Waals surface area contributed by atoms with Crippen molar-refractivity contribution in [2.75, 3.05) is 11.4 Å². The summed E-state index contributed by atoms with van der Waals surface area (Å²) in [5.74, 6) is 1.44. The Morgan fingerprint density at radius 1 is 0.643 bits per heavy atom. The van der Waals surface area contributed by atoms with Crippen LogP contribution >= 0.6 is 0 Å². The zero-order valence-corrected chi connectivity index (χ0v) is 41.6. The highest BCUT2D eigenvalue weighted by Crippen LogP contribution is 2.54. The molecule has 0 spiro atoms. The molecule has 0 radical (unpaired) electrons. The third-order valence-electron chi connectivity index (χ3n) is 14.8. The molecule has 0 bridgehead atoms. The maximum atomic E-state index is 4.17. The Balaban J connectivity index is 0.989. The molecule has 1 nitrogen and oxygen atoms in total. The van der Waals surface area contributed by atoms with E-state index in [1.54, 1.807) is 0 Å². The van der Waals surface area contributed by atoms with Gasteiger partial charge in [0.05, 0.1) is 0 Å². The molecule has 3 aliphatic rings. The third kappa shape index (κ3) is 9.22. The molecule has 1 heteroatoms. The predicted molar refractivity (Wildman–Crippen MR) is 302 cm³/mol. The first-order valence-electron chi connectivity index (χ1n) is 25.5. The summed E-state index contributed by atoms with van der Waals surface area (Å²) in [5, 5.41) is 0. The number of nitrogens with zero attached hydrogens (tertiary/aromatic N) is 1. The van der Waals surface area contributed by atoms with Crippen LogP contribution in [0.1, 0.15) is 74.4 Å². The first-order chi connectivity index (χ1) is 34.2. The van der Waals surface area contributed by atoms with Crippen molar-refractivity contribution in [3.63, 3.8) is 0 Å². The molecule has 0 saturated carbocycles. The molecule has 70 heavy (non-hydrogen) atoms. The van der Waals surface area contributed by atoms with Crippen LogP contribution in [0.4, 0.5) is 11.4 Å². The lowest BCUT2D eigenvalue weighted by Gasteiger charge is -2.30. The van der Waals surface area contributed by atoms with Crippen LogP contribution in [0.3, 0.4) is 0 Å².